The zero-order chi connectivity index (χ0) is 14.5. The molecule has 1 aromatic carbocycles. The van der Waals surface area contributed by atoms with E-state index in [0.717, 1.165) is 30.6 Å². The fraction of sp³-hybridized carbons (Fsp3) is 0.500. The van der Waals surface area contributed by atoms with E-state index in [1.54, 1.807) is 0 Å². The Hall–Kier alpha value is -1.84. The number of nitrogens with one attached hydrogen (secondary N) is 1. The summed E-state index contributed by atoms with van der Waals surface area (Å²) in [4.78, 5) is 25.9. The van der Waals surface area contributed by atoms with Crippen LogP contribution in [0.1, 0.15) is 31.7 Å². The maximum Gasteiger partial charge on any atom is 0.229 e. The molecule has 1 saturated heterocycles. The van der Waals surface area contributed by atoms with E-state index in [9.17, 15) is 9.59 Å². The molecule has 0 aromatic heterocycles. The smallest absolute Gasteiger partial charge is 0.229 e. The van der Waals surface area contributed by atoms with E-state index in [-0.39, 0.29) is 17.7 Å². The number of carbonyl (C=O) groups is 2. The zero-order valence-electron chi connectivity index (χ0n) is 12.2. The van der Waals surface area contributed by atoms with Crippen molar-refractivity contribution in [3.63, 3.8) is 0 Å². The van der Waals surface area contributed by atoms with Crippen molar-refractivity contribution >= 4 is 17.5 Å². The third kappa shape index (κ3) is 3.59. The average molecular weight is 274 g/mol. The van der Waals surface area contributed by atoms with Crippen molar-refractivity contribution in [1.82, 2.24) is 4.90 Å². The summed E-state index contributed by atoms with van der Waals surface area (Å²) >= 11 is 0. The van der Waals surface area contributed by atoms with Crippen LogP contribution in [0, 0.1) is 12.8 Å². The van der Waals surface area contributed by atoms with Crippen molar-refractivity contribution in [3.05, 3.63) is 29.8 Å². The lowest BCUT2D eigenvalue weighted by Crippen LogP contribution is -2.29. The lowest BCUT2D eigenvalue weighted by Gasteiger charge is -2.16. The van der Waals surface area contributed by atoms with Gasteiger partial charge in [-0.15, -0.1) is 0 Å². The molecule has 108 valence electrons. The van der Waals surface area contributed by atoms with Gasteiger partial charge in [-0.1, -0.05) is 25.5 Å². The van der Waals surface area contributed by atoms with Gasteiger partial charge in [0, 0.05) is 25.2 Å². The second-order valence-electron chi connectivity index (χ2n) is 5.45. The van der Waals surface area contributed by atoms with Gasteiger partial charge in [0.15, 0.2) is 0 Å². The van der Waals surface area contributed by atoms with E-state index < -0.39 is 0 Å². The predicted molar refractivity (Wildman–Crippen MR) is 79.4 cm³/mol. The molecule has 2 amide bonds. The topological polar surface area (TPSA) is 49.4 Å². The van der Waals surface area contributed by atoms with Gasteiger partial charge in [-0.05, 0) is 31.0 Å². The fourth-order valence-corrected chi connectivity index (χ4v) is 2.48. The molecule has 20 heavy (non-hydrogen) atoms. The van der Waals surface area contributed by atoms with Crippen LogP contribution in [0.5, 0.6) is 0 Å². The number of aryl methyl sites for hydroxylation is 1. The van der Waals surface area contributed by atoms with E-state index >= 15 is 0 Å². The highest BCUT2D eigenvalue weighted by Crippen LogP contribution is 2.20. The van der Waals surface area contributed by atoms with Crippen LogP contribution < -0.4 is 5.32 Å². The highest BCUT2D eigenvalue weighted by Gasteiger charge is 2.33. The molecule has 1 fully saturated rings. The predicted octanol–water partition coefficient (Wildman–Crippen LogP) is 2.58. The number of carbonyl (C=O) groups excluding carboxylic acids is 2. The van der Waals surface area contributed by atoms with Gasteiger partial charge in [0.1, 0.15) is 0 Å². The SMILES string of the molecule is CCCCN1C[C@@H](C(=O)Nc2cccc(C)c2)CC1=O. The normalized spacial score (nSPS) is 18.4. The van der Waals surface area contributed by atoms with E-state index in [1.165, 1.54) is 0 Å². The fourth-order valence-electron chi connectivity index (χ4n) is 2.48. The van der Waals surface area contributed by atoms with Crippen molar-refractivity contribution in [2.45, 2.75) is 33.1 Å². The Morgan fingerprint density at radius 3 is 2.95 bits per heavy atom. The standard InChI is InChI=1S/C16H22N2O2/c1-3-4-8-18-11-13(10-15(18)19)16(20)17-14-7-5-6-12(2)9-14/h5-7,9,13H,3-4,8,10-11H2,1-2H3,(H,17,20)/t13-/m0/s1. The molecule has 1 atom stereocenters. The van der Waals surface area contributed by atoms with Crippen LogP contribution in [0.3, 0.4) is 0 Å². The Labute approximate surface area is 120 Å². The third-order valence-electron chi connectivity index (χ3n) is 3.65. The average Bonchev–Trinajstić information content (AvgIpc) is 2.78. The number of hydrogen-bond donors (Lipinski definition) is 1. The summed E-state index contributed by atoms with van der Waals surface area (Å²) in [6, 6.07) is 7.71. The minimum atomic E-state index is -0.222. The van der Waals surface area contributed by atoms with E-state index in [2.05, 4.69) is 12.2 Å². The number of amides is 2. The van der Waals surface area contributed by atoms with E-state index in [1.807, 2.05) is 36.1 Å². The molecule has 1 aliphatic heterocycles. The summed E-state index contributed by atoms with van der Waals surface area (Å²) in [7, 11) is 0. The summed E-state index contributed by atoms with van der Waals surface area (Å²) in [5, 5.41) is 2.90. The van der Waals surface area contributed by atoms with Crippen molar-refractivity contribution in [2.24, 2.45) is 5.92 Å². The van der Waals surface area contributed by atoms with E-state index in [0.29, 0.717) is 13.0 Å². The maximum absolute atomic E-state index is 12.2. The number of benzene rings is 1. The molecule has 0 spiro atoms. The Balaban J connectivity index is 1.92. The molecule has 4 heteroatoms. The van der Waals surface area contributed by atoms with Crippen molar-refractivity contribution in [1.29, 1.82) is 0 Å². The first-order valence-electron chi connectivity index (χ1n) is 7.25. The Morgan fingerprint density at radius 1 is 1.45 bits per heavy atom. The summed E-state index contributed by atoms with van der Waals surface area (Å²) in [5.74, 6) is -0.175. The molecule has 0 radical (unpaired) electrons. The lowest BCUT2D eigenvalue weighted by molar-refractivity contribution is -0.128. The largest absolute Gasteiger partial charge is 0.342 e. The number of nitrogens with zero attached hydrogens (tertiary/aromatic N) is 1. The van der Waals surface area contributed by atoms with Crippen molar-refractivity contribution < 1.29 is 9.59 Å². The minimum absolute atomic E-state index is 0.0528. The number of anilines is 1. The van der Waals surface area contributed by atoms with Gasteiger partial charge in [-0.25, -0.2) is 0 Å². The number of unbranched alkanes of at least 4 members (excludes halogenated alkanes) is 1. The second kappa shape index (κ2) is 6.55. The quantitative estimate of drug-likeness (QED) is 0.897. The van der Waals surface area contributed by atoms with Gasteiger partial charge >= 0.3 is 0 Å². The monoisotopic (exact) mass is 274 g/mol. The van der Waals surface area contributed by atoms with Crippen molar-refractivity contribution in [3.8, 4) is 0 Å². The van der Waals surface area contributed by atoms with Crippen molar-refractivity contribution in [2.75, 3.05) is 18.4 Å². The van der Waals surface area contributed by atoms with Crippen LogP contribution in [-0.2, 0) is 9.59 Å². The molecule has 1 aromatic rings. The first-order valence-corrected chi connectivity index (χ1v) is 7.25. The molecule has 0 bridgehead atoms. The Bertz CT molecular complexity index is 499. The van der Waals surface area contributed by atoms with E-state index in [4.69, 9.17) is 0 Å². The Kier molecular flexibility index (Phi) is 4.77. The van der Waals surface area contributed by atoms with Crippen LogP contribution in [0.2, 0.25) is 0 Å². The van der Waals surface area contributed by atoms with Gasteiger partial charge in [-0.2, -0.15) is 0 Å². The second-order valence-corrected chi connectivity index (χ2v) is 5.45. The molecule has 0 aliphatic carbocycles. The van der Waals surface area contributed by atoms with Crippen LogP contribution in [0.4, 0.5) is 5.69 Å². The molecular formula is C16H22N2O2. The lowest BCUT2D eigenvalue weighted by atomic mass is 10.1. The number of hydrogen-bond acceptors (Lipinski definition) is 2. The zero-order valence-corrected chi connectivity index (χ0v) is 12.2. The summed E-state index contributed by atoms with van der Waals surface area (Å²) < 4.78 is 0. The van der Waals surface area contributed by atoms with Gasteiger partial charge in [0.2, 0.25) is 11.8 Å². The summed E-state index contributed by atoms with van der Waals surface area (Å²) in [6.07, 6.45) is 2.39. The van der Waals surface area contributed by atoms with Crippen LogP contribution in [0.25, 0.3) is 0 Å². The molecular weight excluding hydrogens is 252 g/mol. The Morgan fingerprint density at radius 2 is 2.25 bits per heavy atom. The number of likely N-dealkylation sites (tertiary alicyclic amines) is 1. The molecule has 0 unspecified atom stereocenters. The first-order chi connectivity index (χ1) is 9.60. The molecule has 2 rings (SSSR count). The third-order valence-corrected chi connectivity index (χ3v) is 3.65. The minimum Gasteiger partial charge on any atom is -0.342 e. The van der Waals surface area contributed by atoms with Crippen LogP contribution in [0.15, 0.2) is 24.3 Å². The van der Waals surface area contributed by atoms with Gasteiger partial charge in [-0.3, -0.25) is 9.59 Å². The first kappa shape index (κ1) is 14.6. The van der Waals surface area contributed by atoms with Gasteiger partial charge in [0.25, 0.3) is 0 Å². The number of rotatable bonds is 5. The highest BCUT2D eigenvalue weighted by atomic mass is 16.2. The molecule has 1 heterocycles. The van der Waals surface area contributed by atoms with Crippen LogP contribution >= 0.6 is 0 Å². The maximum atomic E-state index is 12.2. The molecule has 0 saturated carbocycles. The van der Waals surface area contributed by atoms with Crippen LogP contribution in [-0.4, -0.2) is 29.8 Å². The molecule has 1 aliphatic rings. The molecule has 1 N–H and O–H groups in total. The highest BCUT2D eigenvalue weighted by molar-refractivity contribution is 5.97. The summed E-state index contributed by atoms with van der Waals surface area (Å²) in [6.45, 7) is 5.41. The summed E-state index contributed by atoms with van der Waals surface area (Å²) in [5.41, 5.74) is 1.91. The van der Waals surface area contributed by atoms with Gasteiger partial charge in [0.05, 0.1) is 5.92 Å². The van der Waals surface area contributed by atoms with Gasteiger partial charge < -0.3 is 10.2 Å². The molecule has 4 nitrogen and oxygen atoms in total.